The Balaban J connectivity index is 3.19. The molecule has 0 heterocycles. The molecule has 0 aromatic heterocycles. The Bertz CT molecular complexity index is 343. The summed E-state index contributed by atoms with van der Waals surface area (Å²) in [5, 5.41) is 28.3. The summed E-state index contributed by atoms with van der Waals surface area (Å²) >= 11 is 0. The Kier molecular flexibility index (Phi) is 3.01. The van der Waals surface area contributed by atoms with E-state index in [2.05, 4.69) is 0 Å². The first-order valence-corrected chi connectivity index (χ1v) is 4.62. The molecule has 0 radical (unpaired) electrons. The molecule has 0 aliphatic carbocycles. The summed E-state index contributed by atoms with van der Waals surface area (Å²) in [5.74, 6) is 0.185. The van der Waals surface area contributed by atoms with Gasteiger partial charge in [0.2, 0.25) is 0 Å². The van der Waals surface area contributed by atoms with E-state index >= 15 is 0 Å². The number of aliphatic hydroxyl groups is 1. The van der Waals surface area contributed by atoms with Crippen LogP contribution in [0.15, 0.2) is 6.07 Å². The van der Waals surface area contributed by atoms with Gasteiger partial charge in [-0.2, -0.15) is 0 Å². The van der Waals surface area contributed by atoms with E-state index in [0.29, 0.717) is 12.0 Å². The minimum atomic E-state index is -0.477. The Morgan fingerprint density at radius 1 is 1.21 bits per heavy atom. The summed E-state index contributed by atoms with van der Waals surface area (Å²) in [7, 11) is 0. The summed E-state index contributed by atoms with van der Waals surface area (Å²) in [4.78, 5) is 0. The van der Waals surface area contributed by atoms with Crippen LogP contribution in [0.2, 0.25) is 0 Å². The second kappa shape index (κ2) is 3.88. The van der Waals surface area contributed by atoms with Crippen molar-refractivity contribution in [2.24, 2.45) is 0 Å². The lowest BCUT2D eigenvalue weighted by Crippen LogP contribution is -2.06. The summed E-state index contributed by atoms with van der Waals surface area (Å²) in [6, 6.07) is 1.59. The number of aliphatic hydroxyl groups excluding tert-OH is 1. The topological polar surface area (TPSA) is 60.7 Å². The van der Waals surface area contributed by atoms with E-state index in [0.717, 1.165) is 11.1 Å². The van der Waals surface area contributed by atoms with E-state index in [1.807, 2.05) is 0 Å². The highest BCUT2D eigenvalue weighted by Crippen LogP contribution is 2.32. The highest BCUT2D eigenvalue weighted by molar-refractivity contribution is 5.51. The molecule has 3 nitrogen and oxygen atoms in total. The van der Waals surface area contributed by atoms with E-state index < -0.39 is 6.10 Å². The van der Waals surface area contributed by atoms with Gasteiger partial charge in [-0.15, -0.1) is 0 Å². The van der Waals surface area contributed by atoms with Crippen LogP contribution < -0.4 is 0 Å². The highest BCUT2D eigenvalue weighted by atomic mass is 16.3. The fourth-order valence-electron chi connectivity index (χ4n) is 1.47. The Morgan fingerprint density at radius 2 is 1.79 bits per heavy atom. The first-order valence-electron chi connectivity index (χ1n) is 4.62. The predicted octanol–water partition coefficient (Wildman–Crippen LogP) is 1.64. The molecule has 1 rings (SSSR count). The zero-order valence-electron chi connectivity index (χ0n) is 8.70. The third-order valence-electron chi connectivity index (χ3n) is 2.40. The van der Waals surface area contributed by atoms with Crippen LogP contribution in [0.5, 0.6) is 11.5 Å². The number of aromatic hydroxyl groups is 2. The average molecular weight is 196 g/mol. The monoisotopic (exact) mass is 196 g/mol. The first-order chi connectivity index (χ1) is 6.43. The lowest BCUT2D eigenvalue weighted by molar-refractivity contribution is 0.195. The van der Waals surface area contributed by atoms with E-state index in [9.17, 15) is 15.3 Å². The van der Waals surface area contributed by atoms with Crippen molar-refractivity contribution in [3.63, 3.8) is 0 Å². The van der Waals surface area contributed by atoms with E-state index in [1.54, 1.807) is 26.8 Å². The van der Waals surface area contributed by atoms with E-state index in [1.165, 1.54) is 0 Å². The van der Waals surface area contributed by atoms with Crippen molar-refractivity contribution < 1.29 is 15.3 Å². The Hall–Kier alpha value is -1.22. The SMILES string of the molecule is Cc1c(O)cc(C[C@H](C)O)c(C)c1O. The number of benzene rings is 1. The van der Waals surface area contributed by atoms with Crippen LogP contribution in [0.1, 0.15) is 23.6 Å². The second-order valence-corrected chi connectivity index (χ2v) is 3.71. The maximum Gasteiger partial charge on any atom is 0.125 e. The first kappa shape index (κ1) is 10.9. The van der Waals surface area contributed by atoms with Gasteiger partial charge in [-0.3, -0.25) is 0 Å². The minimum Gasteiger partial charge on any atom is -0.508 e. The van der Waals surface area contributed by atoms with Gasteiger partial charge in [-0.05, 0) is 44.4 Å². The van der Waals surface area contributed by atoms with Crippen molar-refractivity contribution >= 4 is 0 Å². The van der Waals surface area contributed by atoms with Crippen LogP contribution in [0, 0.1) is 13.8 Å². The van der Waals surface area contributed by atoms with Gasteiger partial charge in [0.25, 0.3) is 0 Å². The number of hydrogen-bond donors (Lipinski definition) is 3. The lowest BCUT2D eigenvalue weighted by atomic mass is 9.99. The van der Waals surface area contributed by atoms with Crippen LogP contribution in [0.3, 0.4) is 0 Å². The molecule has 78 valence electrons. The molecule has 3 heteroatoms. The summed E-state index contributed by atoms with van der Waals surface area (Å²) in [6.45, 7) is 5.11. The second-order valence-electron chi connectivity index (χ2n) is 3.71. The quantitative estimate of drug-likeness (QED) is 0.673. The molecule has 0 fully saturated rings. The molecule has 0 amide bonds. The van der Waals surface area contributed by atoms with Crippen molar-refractivity contribution in [3.05, 3.63) is 22.8 Å². The van der Waals surface area contributed by atoms with Gasteiger partial charge in [0, 0.05) is 5.56 Å². The van der Waals surface area contributed by atoms with Gasteiger partial charge in [0.1, 0.15) is 11.5 Å². The largest absolute Gasteiger partial charge is 0.508 e. The molecule has 1 atom stereocenters. The number of phenols is 2. The van der Waals surface area contributed by atoms with E-state index in [4.69, 9.17) is 0 Å². The molecule has 0 unspecified atom stereocenters. The zero-order chi connectivity index (χ0) is 10.9. The molecule has 14 heavy (non-hydrogen) atoms. The number of rotatable bonds is 2. The van der Waals surface area contributed by atoms with Gasteiger partial charge in [-0.1, -0.05) is 0 Å². The molecule has 0 aliphatic rings. The van der Waals surface area contributed by atoms with Crippen molar-refractivity contribution in [1.82, 2.24) is 0 Å². The van der Waals surface area contributed by atoms with Gasteiger partial charge < -0.3 is 15.3 Å². The molecule has 0 bridgehead atoms. The van der Waals surface area contributed by atoms with Crippen LogP contribution >= 0.6 is 0 Å². The van der Waals surface area contributed by atoms with Crippen molar-refractivity contribution in [2.75, 3.05) is 0 Å². The molecule has 0 spiro atoms. The van der Waals surface area contributed by atoms with Gasteiger partial charge >= 0.3 is 0 Å². The smallest absolute Gasteiger partial charge is 0.125 e. The molecular weight excluding hydrogens is 180 g/mol. The van der Waals surface area contributed by atoms with E-state index in [-0.39, 0.29) is 11.5 Å². The highest BCUT2D eigenvalue weighted by Gasteiger charge is 2.12. The predicted molar refractivity (Wildman–Crippen MR) is 54.6 cm³/mol. The Labute approximate surface area is 83.6 Å². The third kappa shape index (κ3) is 1.99. The van der Waals surface area contributed by atoms with Crippen LogP contribution in [0.25, 0.3) is 0 Å². The van der Waals surface area contributed by atoms with Crippen LogP contribution in [-0.4, -0.2) is 21.4 Å². The fourth-order valence-corrected chi connectivity index (χ4v) is 1.47. The average Bonchev–Trinajstić information content (AvgIpc) is 2.10. The molecule has 0 saturated carbocycles. The number of hydrogen-bond acceptors (Lipinski definition) is 3. The van der Waals surface area contributed by atoms with Crippen LogP contribution in [-0.2, 0) is 6.42 Å². The molecule has 0 aliphatic heterocycles. The molecular formula is C11H16O3. The molecule has 0 saturated heterocycles. The van der Waals surface area contributed by atoms with Crippen molar-refractivity contribution in [1.29, 1.82) is 0 Å². The number of phenolic OH excluding ortho intramolecular Hbond substituents is 2. The van der Waals surface area contributed by atoms with Gasteiger partial charge in [-0.25, -0.2) is 0 Å². The van der Waals surface area contributed by atoms with Gasteiger partial charge in [0.05, 0.1) is 6.10 Å². The third-order valence-corrected chi connectivity index (χ3v) is 2.40. The summed E-state index contributed by atoms with van der Waals surface area (Å²) in [5.41, 5.74) is 1.98. The van der Waals surface area contributed by atoms with Gasteiger partial charge in [0.15, 0.2) is 0 Å². The van der Waals surface area contributed by atoms with Crippen molar-refractivity contribution in [2.45, 2.75) is 33.3 Å². The summed E-state index contributed by atoms with van der Waals surface area (Å²) < 4.78 is 0. The maximum atomic E-state index is 9.64. The minimum absolute atomic E-state index is 0.0729. The Morgan fingerprint density at radius 3 is 2.29 bits per heavy atom. The van der Waals surface area contributed by atoms with Crippen LogP contribution in [0.4, 0.5) is 0 Å². The zero-order valence-corrected chi connectivity index (χ0v) is 8.70. The molecule has 3 N–H and O–H groups in total. The standard InChI is InChI=1S/C11H16O3/c1-6(12)4-9-5-10(13)8(3)11(14)7(9)2/h5-6,12-14H,4H2,1-3H3/t6-/m0/s1. The summed E-state index contributed by atoms with van der Waals surface area (Å²) in [6.07, 6.45) is -0.0389. The fraction of sp³-hybridized carbons (Fsp3) is 0.455. The lowest BCUT2D eigenvalue weighted by Gasteiger charge is -2.12. The molecule has 1 aromatic rings. The van der Waals surface area contributed by atoms with Crippen molar-refractivity contribution in [3.8, 4) is 11.5 Å². The maximum absolute atomic E-state index is 9.64. The molecule has 1 aromatic carbocycles. The normalized spacial score (nSPS) is 12.9.